The first-order valence-electron chi connectivity index (χ1n) is 6.34. The van der Waals surface area contributed by atoms with Crippen LogP contribution in [0.4, 0.5) is 0 Å². The van der Waals surface area contributed by atoms with E-state index >= 15 is 0 Å². The van der Waals surface area contributed by atoms with E-state index in [4.69, 9.17) is 0 Å². The van der Waals surface area contributed by atoms with E-state index in [1.54, 1.807) is 0 Å². The summed E-state index contributed by atoms with van der Waals surface area (Å²) in [6, 6.07) is 30.2. The fraction of sp³-hybridized carbons (Fsp3) is 0. The van der Waals surface area contributed by atoms with Gasteiger partial charge in [0.1, 0.15) is 0 Å². The van der Waals surface area contributed by atoms with Crippen molar-refractivity contribution >= 4 is 98.6 Å². The van der Waals surface area contributed by atoms with Crippen LogP contribution in [0.5, 0.6) is 0 Å². The molecule has 0 aliphatic heterocycles. The van der Waals surface area contributed by atoms with Gasteiger partial charge in [0, 0.05) is 0 Å². The minimum atomic E-state index is 0. The Kier molecular flexibility index (Phi) is 23.4. The Labute approximate surface area is 188 Å². The van der Waals surface area contributed by atoms with Crippen molar-refractivity contribution in [1.29, 1.82) is 0 Å². The number of halogens is 3. The molecule has 0 atom stereocenters. The third kappa shape index (κ3) is 16.9. The van der Waals surface area contributed by atoms with Gasteiger partial charge >= 0.3 is 152 Å². The average molecular weight is 578 g/mol. The van der Waals surface area contributed by atoms with Crippen LogP contribution in [0.2, 0.25) is 0 Å². The van der Waals surface area contributed by atoms with Crippen LogP contribution in [-0.4, -0.2) is 48.0 Å². The molecule has 0 aromatic heterocycles. The quantitative estimate of drug-likeness (QED) is 0.361. The van der Waals surface area contributed by atoms with E-state index in [2.05, 4.69) is 48.0 Å². The summed E-state index contributed by atoms with van der Waals surface area (Å²) in [6.45, 7) is 0. The molecule has 0 saturated heterocycles. The molecule has 0 fully saturated rings. The Bertz CT molecular complexity index is 505. The fourth-order valence-electron chi connectivity index (χ4n) is 1.26. The normalized spacial score (nSPS) is 7.50. The second-order valence-electron chi connectivity index (χ2n) is 3.94. The zero-order valence-electron chi connectivity index (χ0n) is 12.6. The Hall–Kier alpha value is 0.0884. The van der Waals surface area contributed by atoms with Crippen LogP contribution >= 0.6 is 37.2 Å². The van der Waals surface area contributed by atoms with Gasteiger partial charge in [0.2, 0.25) is 0 Å². The minimum absolute atomic E-state index is 0. The van der Waals surface area contributed by atoms with Crippen LogP contribution in [0.3, 0.4) is 0 Å². The molecule has 0 nitrogen and oxygen atoms in total. The number of hydrogen-bond acceptors (Lipinski definition) is 0. The van der Waals surface area contributed by atoms with Crippen molar-refractivity contribution < 1.29 is 0 Å². The van der Waals surface area contributed by atoms with Gasteiger partial charge in [0.25, 0.3) is 0 Å². The van der Waals surface area contributed by atoms with Crippen molar-refractivity contribution in [3.05, 3.63) is 91.0 Å². The molecule has 0 aliphatic rings. The molecule has 0 amide bonds. The van der Waals surface area contributed by atoms with Gasteiger partial charge in [-0.15, -0.1) is 37.2 Å². The first kappa shape index (κ1) is 28.9. The summed E-state index contributed by atoms with van der Waals surface area (Å²) < 4.78 is 3.59. The Morgan fingerprint density at radius 2 is 0.500 bits per heavy atom. The van der Waals surface area contributed by atoms with Gasteiger partial charge in [-0.3, -0.25) is 0 Å². The van der Waals surface area contributed by atoms with Gasteiger partial charge in [0.05, 0.1) is 0 Å². The summed E-state index contributed by atoms with van der Waals surface area (Å²) in [5, 5.41) is 0. The molecular weight excluding hydrogens is 559 g/mol. The topological polar surface area (TPSA) is 0 Å². The molecular formula is C18H18Cl3Se3. The van der Waals surface area contributed by atoms with Crippen LogP contribution in [0.25, 0.3) is 0 Å². The van der Waals surface area contributed by atoms with Gasteiger partial charge < -0.3 is 0 Å². The summed E-state index contributed by atoms with van der Waals surface area (Å²) in [4.78, 5) is 0. The Morgan fingerprint density at radius 1 is 0.333 bits per heavy atom. The van der Waals surface area contributed by atoms with Gasteiger partial charge in [0.15, 0.2) is 0 Å². The van der Waals surface area contributed by atoms with E-state index in [1.165, 1.54) is 13.4 Å². The second kappa shape index (κ2) is 19.4. The molecule has 3 aromatic carbocycles. The molecule has 3 aromatic rings. The molecule has 0 unspecified atom stereocenters. The van der Waals surface area contributed by atoms with Crippen molar-refractivity contribution in [3.63, 3.8) is 0 Å². The van der Waals surface area contributed by atoms with E-state index in [0.717, 1.165) is 0 Å². The monoisotopic (exact) mass is 579 g/mol. The van der Waals surface area contributed by atoms with E-state index in [0.29, 0.717) is 0 Å². The van der Waals surface area contributed by atoms with Gasteiger partial charge in [-0.2, -0.15) is 0 Å². The summed E-state index contributed by atoms with van der Waals surface area (Å²) in [6.07, 6.45) is 0. The summed E-state index contributed by atoms with van der Waals surface area (Å²) in [5.41, 5.74) is 0. The molecule has 6 heteroatoms. The van der Waals surface area contributed by atoms with Crippen molar-refractivity contribution in [2.24, 2.45) is 0 Å². The molecule has 24 heavy (non-hydrogen) atoms. The number of hydrogen-bond donors (Lipinski definition) is 0. The SMILES string of the molecule is Cl.Cl.Cl.[Se]c1ccccc1.[Se]c1ccccc1.[Se]c1ccccc1. The molecule has 0 aliphatic carbocycles. The van der Waals surface area contributed by atoms with Crippen LogP contribution in [0.15, 0.2) is 91.0 Å². The van der Waals surface area contributed by atoms with Crippen LogP contribution < -0.4 is 13.4 Å². The average Bonchev–Trinajstić information content (AvgIpc) is 2.51. The van der Waals surface area contributed by atoms with Crippen molar-refractivity contribution in [2.75, 3.05) is 0 Å². The molecule has 0 heterocycles. The van der Waals surface area contributed by atoms with Crippen LogP contribution in [0.1, 0.15) is 0 Å². The van der Waals surface area contributed by atoms with E-state index in [-0.39, 0.29) is 37.2 Å². The van der Waals surface area contributed by atoms with E-state index in [9.17, 15) is 0 Å². The Morgan fingerprint density at radius 3 is 0.583 bits per heavy atom. The molecule has 129 valence electrons. The summed E-state index contributed by atoms with van der Waals surface area (Å²) in [5.74, 6) is 0. The van der Waals surface area contributed by atoms with Gasteiger partial charge in [-0.25, -0.2) is 0 Å². The van der Waals surface area contributed by atoms with Crippen molar-refractivity contribution in [3.8, 4) is 0 Å². The van der Waals surface area contributed by atoms with Crippen LogP contribution in [0, 0.1) is 0 Å². The number of rotatable bonds is 0. The molecule has 0 spiro atoms. The van der Waals surface area contributed by atoms with Crippen molar-refractivity contribution in [1.82, 2.24) is 0 Å². The molecule has 3 radical (unpaired) electrons. The van der Waals surface area contributed by atoms with Crippen LogP contribution in [-0.2, 0) is 0 Å². The Balaban J connectivity index is -0.000000259. The molecule has 0 bridgehead atoms. The standard InChI is InChI=1S/3C6H5Se.3ClH/c3*7-6-4-2-1-3-5-6;;;/h3*1-5H;3*1H. The van der Waals surface area contributed by atoms with Gasteiger partial charge in [-0.1, -0.05) is 0 Å². The third-order valence-corrected chi connectivity index (χ3v) is 3.94. The maximum absolute atomic E-state index is 2.90. The van der Waals surface area contributed by atoms with Gasteiger partial charge in [-0.05, 0) is 0 Å². The molecule has 3 rings (SSSR count). The molecule has 0 saturated carbocycles. The van der Waals surface area contributed by atoms with E-state index in [1.807, 2.05) is 91.0 Å². The summed E-state index contributed by atoms with van der Waals surface area (Å²) >= 11 is 8.71. The predicted octanol–water partition coefficient (Wildman–Crippen LogP) is 2.71. The molecule has 0 N–H and O–H groups in total. The zero-order valence-corrected chi connectivity index (χ0v) is 20.2. The first-order valence-corrected chi connectivity index (χ1v) is 8.91. The zero-order chi connectivity index (χ0) is 15.3. The fourth-order valence-corrected chi connectivity index (χ4v) is 2.25. The second-order valence-corrected chi connectivity index (χ2v) is 6.91. The summed E-state index contributed by atoms with van der Waals surface area (Å²) in [7, 11) is 0. The number of benzene rings is 3. The van der Waals surface area contributed by atoms with E-state index < -0.39 is 0 Å². The van der Waals surface area contributed by atoms with Crippen molar-refractivity contribution in [2.45, 2.75) is 0 Å². The predicted molar refractivity (Wildman–Crippen MR) is 117 cm³/mol. The maximum atomic E-state index is 2.90. The first-order chi connectivity index (χ1) is 10.2. The third-order valence-electron chi connectivity index (χ3n) is 2.23.